The summed E-state index contributed by atoms with van der Waals surface area (Å²) in [5.74, 6) is 0.800. The van der Waals surface area contributed by atoms with E-state index in [0.717, 1.165) is 13.1 Å². The standard InChI is InChI=1S/C15H28N2O2.ClH/c1-11(2)9-15(5-4-6-15)10-17-14(18)13-12(3)19-8-7-16-13;/h11-13,16H,4-10H2,1-3H3,(H,17,18);1H/t12-,13+;/m1./s1. The van der Waals surface area contributed by atoms with Crippen LogP contribution in [0, 0.1) is 11.3 Å². The summed E-state index contributed by atoms with van der Waals surface area (Å²) in [6, 6.07) is -0.190. The SMILES string of the molecule is CC(C)CC1(CNC(=O)[C@H]2NCCO[C@@H]2C)CCC1.Cl. The van der Waals surface area contributed by atoms with E-state index in [4.69, 9.17) is 4.74 Å². The molecule has 1 heterocycles. The predicted molar refractivity (Wildman–Crippen MR) is 83.2 cm³/mol. The first-order valence-electron chi connectivity index (χ1n) is 7.65. The van der Waals surface area contributed by atoms with Crippen LogP contribution < -0.4 is 10.6 Å². The number of amides is 1. The van der Waals surface area contributed by atoms with Gasteiger partial charge >= 0.3 is 0 Å². The van der Waals surface area contributed by atoms with E-state index in [0.29, 0.717) is 17.9 Å². The molecule has 1 aliphatic heterocycles. The highest BCUT2D eigenvalue weighted by atomic mass is 35.5. The van der Waals surface area contributed by atoms with E-state index >= 15 is 0 Å². The first-order chi connectivity index (χ1) is 9.02. The molecule has 1 amide bonds. The van der Waals surface area contributed by atoms with Crippen molar-refractivity contribution in [3.8, 4) is 0 Å². The maximum atomic E-state index is 12.2. The molecular weight excluding hydrogens is 276 g/mol. The van der Waals surface area contributed by atoms with Crippen molar-refractivity contribution in [2.75, 3.05) is 19.7 Å². The Balaban J connectivity index is 0.00000200. The Morgan fingerprint density at radius 2 is 2.15 bits per heavy atom. The fourth-order valence-electron chi connectivity index (χ4n) is 3.41. The maximum absolute atomic E-state index is 12.2. The highest BCUT2D eigenvalue weighted by Gasteiger charge is 2.38. The first kappa shape index (κ1) is 17.7. The molecule has 0 aromatic carbocycles. The smallest absolute Gasteiger partial charge is 0.239 e. The van der Waals surface area contributed by atoms with Gasteiger partial charge in [0.2, 0.25) is 5.91 Å². The molecule has 1 aliphatic carbocycles. The van der Waals surface area contributed by atoms with Gasteiger partial charge in [-0.05, 0) is 37.5 Å². The summed E-state index contributed by atoms with van der Waals surface area (Å²) in [5.41, 5.74) is 0.364. The highest BCUT2D eigenvalue weighted by molar-refractivity contribution is 5.85. The average Bonchev–Trinajstić information content (AvgIpc) is 2.32. The van der Waals surface area contributed by atoms with Crippen molar-refractivity contribution in [2.24, 2.45) is 11.3 Å². The number of hydrogen-bond acceptors (Lipinski definition) is 3. The molecule has 1 saturated heterocycles. The third-order valence-electron chi connectivity index (χ3n) is 4.49. The van der Waals surface area contributed by atoms with Crippen LogP contribution in [0.25, 0.3) is 0 Å². The number of nitrogens with one attached hydrogen (secondary N) is 2. The fourth-order valence-corrected chi connectivity index (χ4v) is 3.41. The monoisotopic (exact) mass is 304 g/mol. The Morgan fingerprint density at radius 1 is 1.45 bits per heavy atom. The van der Waals surface area contributed by atoms with Crippen molar-refractivity contribution < 1.29 is 9.53 Å². The molecule has 5 heteroatoms. The number of halogens is 1. The number of carbonyl (C=O) groups is 1. The van der Waals surface area contributed by atoms with E-state index in [-0.39, 0.29) is 30.5 Å². The van der Waals surface area contributed by atoms with Gasteiger partial charge < -0.3 is 15.4 Å². The van der Waals surface area contributed by atoms with Crippen LogP contribution in [-0.2, 0) is 9.53 Å². The van der Waals surface area contributed by atoms with Crippen molar-refractivity contribution >= 4 is 18.3 Å². The molecule has 1 saturated carbocycles. The van der Waals surface area contributed by atoms with Crippen molar-refractivity contribution in [1.82, 2.24) is 10.6 Å². The van der Waals surface area contributed by atoms with E-state index in [1.165, 1.54) is 25.7 Å². The van der Waals surface area contributed by atoms with Crippen LogP contribution in [0.4, 0.5) is 0 Å². The summed E-state index contributed by atoms with van der Waals surface area (Å²) >= 11 is 0. The second-order valence-electron chi connectivity index (χ2n) is 6.68. The summed E-state index contributed by atoms with van der Waals surface area (Å²) in [6.07, 6.45) is 5.02. The summed E-state index contributed by atoms with van der Waals surface area (Å²) in [4.78, 5) is 12.2. The van der Waals surface area contributed by atoms with Gasteiger partial charge in [0.25, 0.3) is 0 Å². The summed E-state index contributed by atoms with van der Waals surface area (Å²) in [7, 11) is 0. The minimum Gasteiger partial charge on any atom is -0.375 e. The van der Waals surface area contributed by atoms with E-state index in [2.05, 4.69) is 24.5 Å². The molecule has 4 nitrogen and oxygen atoms in total. The Morgan fingerprint density at radius 3 is 2.65 bits per heavy atom. The van der Waals surface area contributed by atoms with Gasteiger partial charge in [0, 0.05) is 13.1 Å². The number of hydrogen-bond donors (Lipinski definition) is 2. The molecule has 0 unspecified atom stereocenters. The zero-order valence-corrected chi connectivity index (χ0v) is 13.7. The molecule has 0 aromatic heterocycles. The van der Waals surface area contributed by atoms with Crippen molar-refractivity contribution in [1.29, 1.82) is 0 Å². The van der Waals surface area contributed by atoms with Crippen LogP contribution in [0.15, 0.2) is 0 Å². The van der Waals surface area contributed by atoms with Gasteiger partial charge in [-0.25, -0.2) is 0 Å². The van der Waals surface area contributed by atoms with Crippen molar-refractivity contribution in [2.45, 2.75) is 58.6 Å². The van der Waals surface area contributed by atoms with Gasteiger partial charge in [-0.15, -0.1) is 12.4 Å². The minimum absolute atomic E-state index is 0. The Hall–Kier alpha value is -0.320. The molecule has 2 atom stereocenters. The van der Waals surface area contributed by atoms with Crippen LogP contribution in [-0.4, -0.2) is 37.7 Å². The lowest BCUT2D eigenvalue weighted by atomic mass is 9.64. The van der Waals surface area contributed by atoms with Gasteiger partial charge in [-0.1, -0.05) is 20.3 Å². The third kappa shape index (κ3) is 4.34. The van der Waals surface area contributed by atoms with Gasteiger partial charge in [0.05, 0.1) is 12.7 Å². The third-order valence-corrected chi connectivity index (χ3v) is 4.49. The predicted octanol–water partition coefficient (Wildman–Crippen LogP) is 2.12. The van der Waals surface area contributed by atoms with Gasteiger partial charge in [-0.2, -0.15) is 0 Å². The van der Waals surface area contributed by atoms with E-state index in [1.807, 2.05) is 6.92 Å². The van der Waals surface area contributed by atoms with Crippen LogP contribution in [0.3, 0.4) is 0 Å². The second kappa shape index (κ2) is 7.62. The fraction of sp³-hybridized carbons (Fsp3) is 0.933. The molecule has 0 aromatic rings. The summed E-state index contributed by atoms with van der Waals surface area (Å²) in [6.45, 7) is 8.78. The van der Waals surface area contributed by atoms with Gasteiger partial charge in [0.15, 0.2) is 0 Å². The quantitative estimate of drug-likeness (QED) is 0.818. The lowest BCUT2D eigenvalue weighted by Crippen LogP contribution is -2.57. The molecule has 2 N–H and O–H groups in total. The maximum Gasteiger partial charge on any atom is 0.239 e. The average molecular weight is 305 g/mol. The number of morpholine rings is 1. The Kier molecular flexibility index (Phi) is 6.76. The van der Waals surface area contributed by atoms with Gasteiger partial charge in [0.1, 0.15) is 6.04 Å². The Labute approximate surface area is 128 Å². The zero-order chi connectivity index (χ0) is 13.9. The molecule has 118 valence electrons. The molecule has 2 fully saturated rings. The summed E-state index contributed by atoms with van der Waals surface area (Å²) < 4.78 is 5.53. The summed E-state index contributed by atoms with van der Waals surface area (Å²) in [5, 5.41) is 6.39. The van der Waals surface area contributed by atoms with Crippen molar-refractivity contribution in [3.05, 3.63) is 0 Å². The Bertz CT molecular complexity index is 319. The van der Waals surface area contributed by atoms with E-state index in [1.54, 1.807) is 0 Å². The largest absolute Gasteiger partial charge is 0.375 e. The van der Waals surface area contributed by atoms with E-state index in [9.17, 15) is 4.79 Å². The molecular formula is C15H29ClN2O2. The topological polar surface area (TPSA) is 50.4 Å². The van der Waals surface area contributed by atoms with Crippen LogP contribution in [0.2, 0.25) is 0 Å². The lowest BCUT2D eigenvalue weighted by molar-refractivity contribution is -0.129. The molecule has 0 spiro atoms. The number of rotatable bonds is 5. The number of carbonyl (C=O) groups excluding carboxylic acids is 1. The zero-order valence-electron chi connectivity index (χ0n) is 12.9. The normalized spacial score (nSPS) is 28.4. The van der Waals surface area contributed by atoms with Crippen LogP contribution >= 0.6 is 12.4 Å². The molecule has 2 aliphatic rings. The van der Waals surface area contributed by atoms with Crippen molar-refractivity contribution in [3.63, 3.8) is 0 Å². The van der Waals surface area contributed by atoms with Gasteiger partial charge in [-0.3, -0.25) is 4.79 Å². The van der Waals surface area contributed by atoms with Crippen LogP contribution in [0.1, 0.15) is 46.5 Å². The number of ether oxygens (including phenoxy) is 1. The molecule has 0 bridgehead atoms. The first-order valence-corrected chi connectivity index (χ1v) is 7.65. The molecule has 0 radical (unpaired) electrons. The second-order valence-corrected chi connectivity index (χ2v) is 6.68. The highest BCUT2D eigenvalue weighted by Crippen LogP contribution is 2.45. The minimum atomic E-state index is -0.190. The lowest BCUT2D eigenvalue weighted by Gasteiger charge is -2.44. The van der Waals surface area contributed by atoms with E-state index < -0.39 is 0 Å². The molecule has 20 heavy (non-hydrogen) atoms. The van der Waals surface area contributed by atoms with Crippen LogP contribution in [0.5, 0.6) is 0 Å². The molecule has 2 rings (SSSR count).